The molecule has 0 bridgehead atoms. The summed E-state index contributed by atoms with van der Waals surface area (Å²) in [6, 6.07) is 10.0. The highest BCUT2D eigenvalue weighted by molar-refractivity contribution is 5.33. The van der Waals surface area contributed by atoms with Gasteiger partial charge in [0.2, 0.25) is 0 Å². The van der Waals surface area contributed by atoms with E-state index in [1.807, 2.05) is 18.2 Å². The van der Waals surface area contributed by atoms with Crippen molar-refractivity contribution < 1.29 is 13.2 Å². The van der Waals surface area contributed by atoms with E-state index in [1.165, 1.54) is 18.4 Å². The molecule has 1 aliphatic rings. The van der Waals surface area contributed by atoms with Crippen molar-refractivity contribution in [3.63, 3.8) is 0 Å². The second-order valence-corrected chi connectivity index (χ2v) is 6.65. The number of nitrogens with zero attached hydrogens (tertiary/aromatic N) is 1. The van der Waals surface area contributed by atoms with Gasteiger partial charge in [-0.3, -0.25) is 0 Å². The third-order valence-corrected chi connectivity index (χ3v) is 4.86. The molecule has 2 rings (SSSR count). The van der Waals surface area contributed by atoms with Crippen LogP contribution in [0, 0.1) is 17.2 Å². The molecule has 1 fully saturated rings. The number of nitriles is 1. The fraction of sp³-hybridized carbons (Fsp3) is 0.550. The van der Waals surface area contributed by atoms with Crippen LogP contribution in [0.25, 0.3) is 0 Å². The second-order valence-electron chi connectivity index (χ2n) is 6.65. The van der Waals surface area contributed by atoms with E-state index >= 15 is 0 Å². The first kappa shape index (κ1) is 18.6. The van der Waals surface area contributed by atoms with E-state index in [4.69, 9.17) is 5.26 Å². The van der Waals surface area contributed by atoms with Gasteiger partial charge in [0.05, 0.1) is 11.6 Å². The molecule has 0 amide bonds. The first-order valence-electron chi connectivity index (χ1n) is 8.70. The molecular weight excluding hydrogens is 311 g/mol. The van der Waals surface area contributed by atoms with Gasteiger partial charge in [0.25, 0.3) is 0 Å². The van der Waals surface area contributed by atoms with Crippen LogP contribution in [0.3, 0.4) is 0 Å². The summed E-state index contributed by atoms with van der Waals surface area (Å²) in [5.41, 5.74) is 2.02. The monoisotopic (exact) mass is 335 g/mol. The minimum atomic E-state index is -4.05. The van der Waals surface area contributed by atoms with Crippen LogP contribution in [0.15, 0.2) is 36.4 Å². The molecule has 0 saturated heterocycles. The van der Waals surface area contributed by atoms with E-state index in [0.29, 0.717) is 17.4 Å². The van der Waals surface area contributed by atoms with Crippen molar-refractivity contribution in [2.45, 2.75) is 63.5 Å². The number of alkyl halides is 3. The van der Waals surface area contributed by atoms with Crippen LogP contribution >= 0.6 is 0 Å². The summed E-state index contributed by atoms with van der Waals surface area (Å²) in [7, 11) is 0. The summed E-state index contributed by atoms with van der Waals surface area (Å²) in [6.45, 7) is 0. The van der Waals surface area contributed by atoms with Crippen LogP contribution in [0.5, 0.6) is 0 Å². The lowest BCUT2D eigenvalue weighted by atomic mass is 9.77. The number of allylic oxidation sites excluding steroid dienone is 2. The van der Waals surface area contributed by atoms with Crippen molar-refractivity contribution in [2.75, 3.05) is 0 Å². The van der Waals surface area contributed by atoms with E-state index < -0.39 is 12.6 Å². The Morgan fingerprint density at radius 3 is 2.21 bits per heavy atom. The Balaban J connectivity index is 1.65. The van der Waals surface area contributed by atoms with Gasteiger partial charge >= 0.3 is 6.18 Å². The Morgan fingerprint density at radius 2 is 1.62 bits per heavy atom. The number of halogens is 3. The zero-order valence-corrected chi connectivity index (χ0v) is 13.9. The second kappa shape index (κ2) is 8.92. The molecule has 24 heavy (non-hydrogen) atoms. The molecule has 0 atom stereocenters. The third kappa shape index (κ3) is 6.39. The highest BCUT2D eigenvalue weighted by atomic mass is 19.4. The lowest BCUT2D eigenvalue weighted by Gasteiger charge is -2.28. The molecule has 1 nitrogen and oxygen atoms in total. The van der Waals surface area contributed by atoms with E-state index in [-0.39, 0.29) is 6.42 Å². The first-order chi connectivity index (χ1) is 11.5. The summed E-state index contributed by atoms with van der Waals surface area (Å²) < 4.78 is 36.1. The molecule has 1 aromatic carbocycles. The summed E-state index contributed by atoms with van der Waals surface area (Å²) in [5, 5.41) is 8.84. The number of hydrogen-bond donors (Lipinski definition) is 0. The smallest absolute Gasteiger partial charge is 0.192 e. The maximum Gasteiger partial charge on any atom is 0.389 e. The number of hydrogen-bond acceptors (Lipinski definition) is 1. The zero-order chi connectivity index (χ0) is 17.4. The van der Waals surface area contributed by atoms with Crippen LogP contribution in [0.1, 0.15) is 68.4 Å². The highest BCUT2D eigenvalue weighted by Gasteiger charge is 2.25. The van der Waals surface area contributed by atoms with Gasteiger partial charge in [-0.05, 0) is 74.5 Å². The van der Waals surface area contributed by atoms with Crippen molar-refractivity contribution in [3.05, 3.63) is 47.5 Å². The van der Waals surface area contributed by atoms with Crippen molar-refractivity contribution in [1.29, 1.82) is 5.26 Å². The third-order valence-electron chi connectivity index (χ3n) is 4.86. The molecule has 0 radical (unpaired) electrons. The van der Waals surface area contributed by atoms with Crippen molar-refractivity contribution in [2.24, 2.45) is 5.92 Å². The summed E-state index contributed by atoms with van der Waals surface area (Å²) in [5.74, 6) is 1.27. The van der Waals surface area contributed by atoms with Crippen LogP contribution in [0.2, 0.25) is 0 Å². The Hall–Kier alpha value is -1.76. The molecule has 0 aliphatic heterocycles. The standard InChI is InChI=1S/C20H24F3N/c21-20(22,23)14-4-2-1-3-5-16-6-10-18(11-7-16)19-12-8-17(15-24)9-13-19/h1-2,8-9,12-13,16,18H,3-7,10-11,14H2/b2-1+. The summed E-state index contributed by atoms with van der Waals surface area (Å²) in [4.78, 5) is 0. The lowest BCUT2D eigenvalue weighted by Crippen LogP contribution is -2.13. The van der Waals surface area contributed by atoms with Crippen LogP contribution in [-0.4, -0.2) is 6.18 Å². The van der Waals surface area contributed by atoms with Crippen LogP contribution < -0.4 is 0 Å². The topological polar surface area (TPSA) is 23.8 Å². The molecule has 0 unspecified atom stereocenters. The molecule has 0 spiro atoms. The van der Waals surface area contributed by atoms with Gasteiger partial charge in [-0.1, -0.05) is 24.3 Å². The Kier molecular flexibility index (Phi) is 6.90. The minimum Gasteiger partial charge on any atom is -0.192 e. The Labute approximate surface area is 142 Å². The molecule has 0 aromatic heterocycles. The maximum absolute atomic E-state index is 12.0. The summed E-state index contributed by atoms with van der Waals surface area (Å²) >= 11 is 0. The van der Waals surface area contributed by atoms with Gasteiger partial charge in [-0.25, -0.2) is 0 Å². The average Bonchev–Trinajstić information content (AvgIpc) is 2.58. The normalized spacial score (nSPS) is 21.8. The van der Waals surface area contributed by atoms with Gasteiger partial charge in [0.15, 0.2) is 0 Å². The van der Waals surface area contributed by atoms with E-state index in [0.717, 1.165) is 25.7 Å². The fourth-order valence-corrected chi connectivity index (χ4v) is 3.43. The van der Waals surface area contributed by atoms with Gasteiger partial charge in [-0.2, -0.15) is 18.4 Å². The number of rotatable bonds is 6. The predicted octanol–water partition coefficient (Wildman–Crippen LogP) is 6.51. The van der Waals surface area contributed by atoms with Gasteiger partial charge in [-0.15, -0.1) is 0 Å². The van der Waals surface area contributed by atoms with Gasteiger partial charge in [0, 0.05) is 6.42 Å². The maximum atomic E-state index is 12.0. The first-order valence-corrected chi connectivity index (χ1v) is 8.70. The highest BCUT2D eigenvalue weighted by Crippen LogP contribution is 2.37. The molecule has 130 valence electrons. The number of benzene rings is 1. The Morgan fingerprint density at radius 1 is 1.00 bits per heavy atom. The molecule has 1 aliphatic carbocycles. The summed E-state index contributed by atoms with van der Waals surface area (Å²) in [6.07, 6.45) is 5.52. The van der Waals surface area contributed by atoms with Crippen molar-refractivity contribution in [1.82, 2.24) is 0 Å². The quantitative estimate of drug-likeness (QED) is 0.544. The van der Waals surface area contributed by atoms with E-state index in [2.05, 4.69) is 18.2 Å². The zero-order valence-electron chi connectivity index (χ0n) is 13.9. The Bertz CT molecular complexity index is 558. The van der Waals surface area contributed by atoms with E-state index in [9.17, 15) is 13.2 Å². The SMILES string of the molecule is N#Cc1ccc(C2CCC(CC/C=C/CCC(F)(F)F)CC2)cc1. The molecular formula is C20H24F3N. The lowest BCUT2D eigenvalue weighted by molar-refractivity contribution is -0.133. The van der Waals surface area contributed by atoms with Crippen molar-refractivity contribution in [3.8, 4) is 6.07 Å². The molecule has 0 N–H and O–H groups in total. The van der Waals surface area contributed by atoms with Gasteiger partial charge < -0.3 is 0 Å². The molecule has 1 aromatic rings. The van der Waals surface area contributed by atoms with Crippen molar-refractivity contribution >= 4 is 0 Å². The van der Waals surface area contributed by atoms with E-state index in [1.54, 1.807) is 6.08 Å². The van der Waals surface area contributed by atoms with Gasteiger partial charge in [0.1, 0.15) is 0 Å². The fourth-order valence-electron chi connectivity index (χ4n) is 3.43. The minimum absolute atomic E-state index is 0.0922. The largest absolute Gasteiger partial charge is 0.389 e. The molecule has 1 saturated carbocycles. The molecule has 0 heterocycles. The molecule has 4 heteroatoms. The van der Waals surface area contributed by atoms with Crippen LogP contribution in [0.4, 0.5) is 13.2 Å². The predicted molar refractivity (Wildman–Crippen MR) is 89.5 cm³/mol. The average molecular weight is 335 g/mol. The van der Waals surface area contributed by atoms with Crippen LogP contribution in [-0.2, 0) is 0 Å².